The second-order valence-electron chi connectivity index (χ2n) is 6.38. The van der Waals surface area contributed by atoms with E-state index >= 15 is 0 Å². The fraction of sp³-hybridized carbons (Fsp3) is 0.647. The average Bonchev–Trinajstić information content (AvgIpc) is 2.67. The lowest BCUT2D eigenvalue weighted by atomic mass is 9.75. The van der Waals surface area contributed by atoms with Gasteiger partial charge < -0.3 is 5.32 Å². The molecule has 2 rings (SSSR count). The number of hydrogen-bond donors (Lipinski definition) is 1. The van der Waals surface area contributed by atoms with Crippen molar-refractivity contribution >= 4 is 0 Å². The standard InChI is InChI=1S/C17H27N/c1-5-18-16(14-10-7-6-9-13(14)2)15-11-8-12-17(15,3)4/h6-7,9-10,15-16,18H,5,8,11-12H2,1-4H3. The van der Waals surface area contributed by atoms with E-state index in [9.17, 15) is 0 Å². The number of rotatable bonds is 4. The van der Waals surface area contributed by atoms with Gasteiger partial charge >= 0.3 is 0 Å². The van der Waals surface area contributed by atoms with Crippen molar-refractivity contribution < 1.29 is 0 Å². The highest BCUT2D eigenvalue weighted by Crippen LogP contribution is 2.49. The predicted molar refractivity (Wildman–Crippen MR) is 78.7 cm³/mol. The molecule has 0 amide bonds. The molecule has 2 unspecified atom stereocenters. The molecule has 100 valence electrons. The van der Waals surface area contributed by atoms with Crippen LogP contribution in [0.4, 0.5) is 0 Å². The summed E-state index contributed by atoms with van der Waals surface area (Å²) < 4.78 is 0. The molecule has 1 aliphatic carbocycles. The van der Waals surface area contributed by atoms with Crippen LogP contribution in [0.15, 0.2) is 24.3 Å². The maximum Gasteiger partial charge on any atom is 0.0356 e. The number of nitrogens with one attached hydrogen (secondary N) is 1. The van der Waals surface area contributed by atoms with Crippen LogP contribution in [-0.2, 0) is 0 Å². The molecule has 1 fully saturated rings. The Balaban J connectivity index is 2.31. The molecule has 1 saturated carbocycles. The molecule has 1 aromatic carbocycles. The van der Waals surface area contributed by atoms with Gasteiger partial charge in [-0.05, 0) is 48.8 Å². The van der Waals surface area contributed by atoms with Crippen molar-refractivity contribution in [2.24, 2.45) is 11.3 Å². The monoisotopic (exact) mass is 245 g/mol. The molecule has 0 heterocycles. The molecule has 0 bridgehead atoms. The van der Waals surface area contributed by atoms with Gasteiger partial charge in [-0.25, -0.2) is 0 Å². The van der Waals surface area contributed by atoms with E-state index in [1.807, 2.05) is 0 Å². The summed E-state index contributed by atoms with van der Waals surface area (Å²) in [7, 11) is 0. The average molecular weight is 245 g/mol. The van der Waals surface area contributed by atoms with Crippen LogP contribution < -0.4 is 5.32 Å². The Kier molecular flexibility index (Phi) is 4.11. The van der Waals surface area contributed by atoms with E-state index in [0.29, 0.717) is 11.5 Å². The first-order valence-electron chi connectivity index (χ1n) is 7.35. The molecule has 0 aliphatic heterocycles. The molecular formula is C17H27N. The summed E-state index contributed by atoms with van der Waals surface area (Å²) in [6.45, 7) is 10.4. The number of hydrogen-bond acceptors (Lipinski definition) is 1. The Labute approximate surface area is 112 Å². The van der Waals surface area contributed by atoms with Crippen molar-refractivity contribution in [2.45, 2.75) is 53.0 Å². The number of aryl methyl sites for hydroxylation is 1. The van der Waals surface area contributed by atoms with E-state index in [4.69, 9.17) is 0 Å². The summed E-state index contributed by atoms with van der Waals surface area (Å²) in [4.78, 5) is 0. The van der Waals surface area contributed by atoms with Gasteiger partial charge in [-0.3, -0.25) is 0 Å². The minimum absolute atomic E-state index is 0.467. The van der Waals surface area contributed by atoms with E-state index in [1.54, 1.807) is 0 Å². The minimum Gasteiger partial charge on any atom is -0.310 e. The van der Waals surface area contributed by atoms with Gasteiger partial charge in [0.15, 0.2) is 0 Å². The van der Waals surface area contributed by atoms with Gasteiger partial charge in [-0.15, -0.1) is 0 Å². The SMILES string of the molecule is CCNC(c1ccccc1C)C1CCCC1(C)C. The predicted octanol–water partition coefficient (Wildman–Crippen LogP) is 4.47. The summed E-state index contributed by atoms with van der Waals surface area (Å²) in [6, 6.07) is 9.38. The molecule has 0 radical (unpaired) electrons. The quantitative estimate of drug-likeness (QED) is 0.825. The van der Waals surface area contributed by atoms with Crippen molar-refractivity contribution in [1.29, 1.82) is 0 Å². The highest BCUT2D eigenvalue weighted by Gasteiger charge is 2.40. The van der Waals surface area contributed by atoms with E-state index in [0.717, 1.165) is 12.5 Å². The van der Waals surface area contributed by atoms with Crippen LogP contribution in [-0.4, -0.2) is 6.54 Å². The smallest absolute Gasteiger partial charge is 0.0356 e. The third-order valence-electron chi connectivity index (χ3n) is 4.69. The largest absolute Gasteiger partial charge is 0.310 e. The molecule has 1 aromatic rings. The first-order valence-corrected chi connectivity index (χ1v) is 7.35. The third-order valence-corrected chi connectivity index (χ3v) is 4.69. The van der Waals surface area contributed by atoms with Crippen LogP contribution in [0.2, 0.25) is 0 Å². The first-order chi connectivity index (χ1) is 8.56. The molecule has 0 saturated heterocycles. The van der Waals surface area contributed by atoms with Crippen molar-refractivity contribution in [3.63, 3.8) is 0 Å². The summed E-state index contributed by atoms with van der Waals surface area (Å²) >= 11 is 0. The van der Waals surface area contributed by atoms with Gasteiger partial charge in [0.2, 0.25) is 0 Å². The van der Waals surface area contributed by atoms with Crippen LogP contribution in [0, 0.1) is 18.3 Å². The fourth-order valence-corrected chi connectivity index (χ4v) is 3.60. The Morgan fingerprint density at radius 1 is 1.33 bits per heavy atom. The second-order valence-corrected chi connectivity index (χ2v) is 6.38. The highest BCUT2D eigenvalue weighted by atomic mass is 14.9. The zero-order chi connectivity index (χ0) is 13.2. The van der Waals surface area contributed by atoms with E-state index in [-0.39, 0.29) is 0 Å². The lowest BCUT2D eigenvalue weighted by molar-refractivity contribution is 0.199. The summed E-state index contributed by atoms with van der Waals surface area (Å²) in [5.74, 6) is 0.763. The van der Waals surface area contributed by atoms with Gasteiger partial charge in [0.1, 0.15) is 0 Å². The van der Waals surface area contributed by atoms with Gasteiger partial charge in [-0.1, -0.05) is 51.5 Å². The van der Waals surface area contributed by atoms with Crippen molar-refractivity contribution in [1.82, 2.24) is 5.32 Å². The topological polar surface area (TPSA) is 12.0 Å². The minimum atomic E-state index is 0.467. The van der Waals surface area contributed by atoms with Crippen molar-refractivity contribution in [2.75, 3.05) is 6.54 Å². The Morgan fingerprint density at radius 3 is 2.61 bits per heavy atom. The molecule has 0 spiro atoms. The maximum absolute atomic E-state index is 3.74. The normalized spacial score (nSPS) is 24.1. The van der Waals surface area contributed by atoms with Crippen LogP contribution >= 0.6 is 0 Å². The van der Waals surface area contributed by atoms with Gasteiger partial charge in [0.05, 0.1) is 0 Å². The lowest BCUT2D eigenvalue weighted by Gasteiger charge is -2.35. The Bertz CT molecular complexity index is 394. The molecule has 1 aliphatic rings. The zero-order valence-electron chi connectivity index (χ0n) is 12.3. The lowest BCUT2D eigenvalue weighted by Crippen LogP contribution is -2.34. The van der Waals surface area contributed by atoms with E-state index in [1.165, 1.54) is 30.4 Å². The molecule has 0 aromatic heterocycles. The maximum atomic E-state index is 3.74. The molecular weight excluding hydrogens is 218 g/mol. The summed E-state index contributed by atoms with van der Waals surface area (Å²) in [5.41, 5.74) is 3.39. The van der Waals surface area contributed by atoms with Gasteiger partial charge in [0, 0.05) is 6.04 Å². The Hall–Kier alpha value is -0.820. The zero-order valence-corrected chi connectivity index (χ0v) is 12.3. The molecule has 2 atom stereocenters. The third kappa shape index (κ3) is 2.61. The first kappa shape index (κ1) is 13.6. The van der Waals surface area contributed by atoms with Crippen LogP contribution in [0.5, 0.6) is 0 Å². The van der Waals surface area contributed by atoms with Crippen LogP contribution in [0.1, 0.15) is 57.2 Å². The summed E-state index contributed by atoms with van der Waals surface area (Å²) in [6.07, 6.45) is 4.11. The molecule has 18 heavy (non-hydrogen) atoms. The van der Waals surface area contributed by atoms with E-state index in [2.05, 4.69) is 57.3 Å². The van der Waals surface area contributed by atoms with E-state index < -0.39 is 0 Å². The fourth-order valence-electron chi connectivity index (χ4n) is 3.60. The van der Waals surface area contributed by atoms with Crippen LogP contribution in [0.25, 0.3) is 0 Å². The van der Waals surface area contributed by atoms with Gasteiger partial charge in [-0.2, -0.15) is 0 Å². The van der Waals surface area contributed by atoms with Crippen molar-refractivity contribution in [3.8, 4) is 0 Å². The molecule has 1 N–H and O–H groups in total. The molecule has 1 heteroatoms. The second kappa shape index (κ2) is 5.44. The molecule has 1 nitrogen and oxygen atoms in total. The Morgan fingerprint density at radius 2 is 2.06 bits per heavy atom. The summed E-state index contributed by atoms with van der Waals surface area (Å²) in [5, 5.41) is 3.74. The van der Waals surface area contributed by atoms with Crippen molar-refractivity contribution in [3.05, 3.63) is 35.4 Å². The van der Waals surface area contributed by atoms with Gasteiger partial charge in [0.25, 0.3) is 0 Å². The van der Waals surface area contributed by atoms with Crippen LogP contribution in [0.3, 0.4) is 0 Å². The highest BCUT2D eigenvalue weighted by molar-refractivity contribution is 5.30. The number of benzene rings is 1.